The molecule has 1 atom stereocenters. The summed E-state index contributed by atoms with van der Waals surface area (Å²) < 4.78 is 0. The summed E-state index contributed by atoms with van der Waals surface area (Å²) in [4.78, 5) is 14.3. The van der Waals surface area contributed by atoms with Crippen LogP contribution in [0, 0.1) is 19.8 Å². The topological polar surface area (TPSA) is 20.3 Å². The van der Waals surface area contributed by atoms with Gasteiger partial charge in [0, 0.05) is 17.9 Å². The normalized spacial score (nSPS) is 11.4. The number of benzene rings is 2. The zero-order valence-electron chi connectivity index (χ0n) is 19.8. The van der Waals surface area contributed by atoms with E-state index >= 15 is 0 Å². The number of Topliss-reactive ketones (excluding diaryl/α,β-unsaturated/α-hetero) is 1. The second kappa shape index (κ2) is 12.0. The zero-order chi connectivity index (χ0) is 22.8. The SMILES string of the molecule is C=Cc1ccc(C)c(CN(C(=C)C(C)C(C)=O)c2ccccc2C)c1/C=C\C.CC. The van der Waals surface area contributed by atoms with Gasteiger partial charge in [0.05, 0.1) is 5.92 Å². The molecule has 1 unspecified atom stereocenters. The Hall–Kier alpha value is -2.87. The van der Waals surface area contributed by atoms with E-state index in [1.54, 1.807) is 6.92 Å². The molecule has 0 heterocycles. The number of carbonyl (C=O) groups is 1. The van der Waals surface area contributed by atoms with Gasteiger partial charge in [-0.15, -0.1) is 0 Å². The quantitative estimate of drug-likeness (QED) is 0.449. The standard InChI is InChI=1S/C26H31NO.C2H6/c1-8-12-24-23(9-2)16-15-18(3)25(24)17-27(21(6)20(5)22(7)28)26-14-11-10-13-19(26)4;1-2/h8-16,20H,2,6,17H2,1,3-5,7H3;1-2H3/b12-8-;. The Bertz CT molecular complexity index is 920. The van der Waals surface area contributed by atoms with Gasteiger partial charge in [-0.25, -0.2) is 0 Å². The Morgan fingerprint density at radius 1 is 1.10 bits per heavy atom. The largest absolute Gasteiger partial charge is 0.340 e. The third kappa shape index (κ3) is 5.82. The van der Waals surface area contributed by atoms with E-state index in [1.165, 1.54) is 16.7 Å². The van der Waals surface area contributed by atoms with Gasteiger partial charge in [-0.3, -0.25) is 4.79 Å². The fourth-order valence-electron chi connectivity index (χ4n) is 3.38. The number of anilines is 1. The first-order valence-electron chi connectivity index (χ1n) is 10.7. The summed E-state index contributed by atoms with van der Waals surface area (Å²) in [6, 6.07) is 12.5. The molecule has 0 amide bonds. The summed E-state index contributed by atoms with van der Waals surface area (Å²) in [7, 11) is 0. The lowest BCUT2D eigenvalue weighted by Crippen LogP contribution is -2.29. The maximum Gasteiger partial charge on any atom is 0.138 e. The van der Waals surface area contributed by atoms with Crippen molar-refractivity contribution in [2.24, 2.45) is 5.92 Å². The molecule has 2 rings (SSSR count). The van der Waals surface area contributed by atoms with E-state index in [0.717, 1.165) is 22.5 Å². The third-order valence-corrected chi connectivity index (χ3v) is 5.36. The fraction of sp³-hybridized carbons (Fsp3) is 0.321. The van der Waals surface area contributed by atoms with Gasteiger partial charge in [0.15, 0.2) is 0 Å². The molecule has 0 aliphatic rings. The van der Waals surface area contributed by atoms with Gasteiger partial charge >= 0.3 is 0 Å². The first kappa shape index (κ1) is 25.2. The van der Waals surface area contributed by atoms with Gasteiger partial charge in [-0.05, 0) is 68.5 Å². The predicted octanol–water partition coefficient (Wildman–Crippen LogP) is 7.75. The van der Waals surface area contributed by atoms with Crippen LogP contribution in [0.2, 0.25) is 0 Å². The maximum absolute atomic E-state index is 12.1. The summed E-state index contributed by atoms with van der Waals surface area (Å²) in [5.74, 6) is -0.124. The van der Waals surface area contributed by atoms with Crippen molar-refractivity contribution in [3.05, 3.63) is 89.1 Å². The highest BCUT2D eigenvalue weighted by Gasteiger charge is 2.22. The number of rotatable bonds is 8. The minimum Gasteiger partial charge on any atom is -0.340 e. The molecule has 0 aliphatic carbocycles. The second-order valence-corrected chi connectivity index (χ2v) is 7.26. The van der Waals surface area contributed by atoms with Crippen molar-refractivity contribution in [1.29, 1.82) is 0 Å². The lowest BCUT2D eigenvalue weighted by molar-refractivity contribution is -0.119. The van der Waals surface area contributed by atoms with Crippen molar-refractivity contribution in [1.82, 2.24) is 0 Å². The number of para-hydroxylation sites is 1. The molecular weight excluding hydrogens is 366 g/mol. The number of ketones is 1. The second-order valence-electron chi connectivity index (χ2n) is 7.26. The minimum absolute atomic E-state index is 0.119. The van der Waals surface area contributed by atoms with Crippen molar-refractivity contribution in [2.75, 3.05) is 4.90 Å². The fourth-order valence-corrected chi connectivity index (χ4v) is 3.38. The first-order valence-corrected chi connectivity index (χ1v) is 10.7. The molecule has 2 heteroatoms. The molecule has 0 aromatic heterocycles. The van der Waals surface area contributed by atoms with Crippen molar-refractivity contribution < 1.29 is 4.79 Å². The molecule has 0 fully saturated rings. The number of hydrogen-bond acceptors (Lipinski definition) is 2. The molecule has 2 aromatic rings. The molecule has 0 saturated carbocycles. The van der Waals surface area contributed by atoms with E-state index in [0.29, 0.717) is 6.54 Å². The van der Waals surface area contributed by atoms with Crippen LogP contribution in [0.25, 0.3) is 12.2 Å². The van der Waals surface area contributed by atoms with Crippen LogP contribution in [0.5, 0.6) is 0 Å². The molecular formula is C28H37NO. The number of allylic oxidation sites excluding steroid dienone is 2. The monoisotopic (exact) mass is 403 g/mol. The van der Waals surface area contributed by atoms with E-state index < -0.39 is 0 Å². The van der Waals surface area contributed by atoms with Gasteiger partial charge < -0.3 is 4.90 Å². The van der Waals surface area contributed by atoms with Crippen LogP contribution in [0.4, 0.5) is 5.69 Å². The van der Waals surface area contributed by atoms with Crippen molar-refractivity contribution in [3.63, 3.8) is 0 Å². The summed E-state index contributed by atoms with van der Waals surface area (Å²) >= 11 is 0. The maximum atomic E-state index is 12.1. The van der Waals surface area contributed by atoms with Crippen LogP contribution >= 0.6 is 0 Å². The average Bonchev–Trinajstić information content (AvgIpc) is 2.75. The lowest BCUT2D eigenvalue weighted by Gasteiger charge is -2.32. The molecule has 0 aliphatic heterocycles. The Morgan fingerprint density at radius 2 is 1.73 bits per heavy atom. The molecule has 2 aromatic carbocycles. The molecule has 160 valence electrons. The van der Waals surface area contributed by atoms with Crippen molar-refractivity contribution in [3.8, 4) is 0 Å². The molecule has 0 bridgehead atoms. The van der Waals surface area contributed by atoms with Crippen LogP contribution in [0.3, 0.4) is 0 Å². The number of aryl methyl sites for hydroxylation is 2. The van der Waals surface area contributed by atoms with E-state index in [9.17, 15) is 4.79 Å². The average molecular weight is 404 g/mol. The number of nitrogens with zero attached hydrogens (tertiary/aromatic N) is 1. The van der Waals surface area contributed by atoms with Gasteiger partial charge in [-0.2, -0.15) is 0 Å². The molecule has 0 saturated heterocycles. The molecule has 30 heavy (non-hydrogen) atoms. The van der Waals surface area contributed by atoms with Crippen LogP contribution < -0.4 is 4.90 Å². The highest BCUT2D eigenvalue weighted by Crippen LogP contribution is 2.32. The molecule has 0 spiro atoms. The molecule has 0 radical (unpaired) electrons. The lowest BCUT2D eigenvalue weighted by atomic mass is 9.94. The van der Waals surface area contributed by atoms with Gasteiger partial charge in [0.25, 0.3) is 0 Å². The Balaban J connectivity index is 0.00000218. The minimum atomic E-state index is -0.243. The van der Waals surface area contributed by atoms with Crippen LogP contribution in [-0.2, 0) is 11.3 Å². The number of carbonyl (C=O) groups excluding carboxylic acids is 1. The van der Waals surface area contributed by atoms with Gasteiger partial charge in [-0.1, -0.05) is 75.6 Å². The zero-order valence-corrected chi connectivity index (χ0v) is 19.8. The summed E-state index contributed by atoms with van der Waals surface area (Å²) in [6.07, 6.45) is 6.08. The number of hydrogen-bond donors (Lipinski definition) is 0. The Morgan fingerprint density at radius 3 is 2.27 bits per heavy atom. The van der Waals surface area contributed by atoms with E-state index in [2.05, 4.69) is 68.3 Å². The molecule has 2 nitrogen and oxygen atoms in total. The Kier molecular flexibility index (Phi) is 10.0. The summed E-state index contributed by atoms with van der Waals surface area (Å²) in [5, 5.41) is 0. The first-order chi connectivity index (χ1) is 14.3. The highest BCUT2D eigenvalue weighted by atomic mass is 16.1. The van der Waals surface area contributed by atoms with Crippen LogP contribution in [0.1, 0.15) is 62.4 Å². The van der Waals surface area contributed by atoms with Crippen LogP contribution in [-0.4, -0.2) is 5.78 Å². The summed E-state index contributed by atoms with van der Waals surface area (Å²) in [5.41, 5.74) is 7.75. The van der Waals surface area contributed by atoms with E-state index in [-0.39, 0.29) is 11.7 Å². The Labute approximate surface area is 183 Å². The van der Waals surface area contributed by atoms with Crippen molar-refractivity contribution in [2.45, 2.75) is 55.0 Å². The molecule has 0 N–H and O–H groups in total. The van der Waals surface area contributed by atoms with Gasteiger partial charge in [0.2, 0.25) is 0 Å². The third-order valence-electron chi connectivity index (χ3n) is 5.36. The predicted molar refractivity (Wildman–Crippen MR) is 134 cm³/mol. The van der Waals surface area contributed by atoms with E-state index in [1.807, 2.05) is 45.9 Å². The summed E-state index contributed by atoms with van der Waals surface area (Å²) in [6.45, 7) is 22.7. The van der Waals surface area contributed by atoms with Crippen LogP contribution in [0.15, 0.2) is 61.3 Å². The highest BCUT2D eigenvalue weighted by molar-refractivity contribution is 5.82. The van der Waals surface area contributed by atoms with Crippen molar-refractivity contribution >= 4 is 23.6 Å². The van der Waals surface area contributed by atoms with Gasteiger partial charge in [0.1, 0.15) is 5.78 Å². The smallest absolute Gasteiger partial charge is 0.138 e. The van der Waals surface area contributed by atoms with E-state index in [4.69, 9.17) is 0 Å².